The number of amides is 2. The summed E-state index contributed by atoms with van der Waals surface area (Å²) in [6.07, 6.45) is 1.62. The van der Waals surface area contributed by atoms with Crippen molar-refractivity contribution < 1.29 is 14.3 Å². The minimum Gasteiger partial charge on any atom is -0.493 e. The molecule has 2 aromatic carbocycles. The SMILES string of the molecule is O=C(Nc1cccc(Br)c1)Nc1c2c(cc3c1OCC3)OCC2. The van der Waals surface area contributed by atoms with E-state index in [1.165, 1.54) is 0 Å². The first kappa shape index (κ1) is 14.4. The zero-order chi connectivity index (χ0) is 15.8. The molecule has 2 aliphatic heterocycles. The number of urea groups is 1. The number of carbonyl (C=O) groups excluding carboxylic acids is 1. The molecule has 0 aliphatic carbocycles. The van der Waals surface area contributed by atoms with E-state index >= 15 is 0 Å². The first-order valence-corrected chi connectivity index (χ1v) is 8.28. The Labute approximate surface area is 142 Å². The zero-order valence-corrected chi connectivity index (χ0v) is 13.9. The molecule has 0 atom stereocenters. The summed E-state index contributed by atoms with van der Waals surface area (Å²) in [4.78, 5) is 12.4. The van der Waals surface area contributed by atoms with Crippen LogP contribution in [0.15, 0.2) is 34.8 Å². The van der Waals surface area contributed by atoms with E-state index in [4.69, 9.17) is 9.47 Å². The molecule has 118 valence electrons. The highest BCUT2D eigenvalue weighted by Crippen LogP contribution is 2.44. The summed E-state index contributed by atoms with van der Waals surface area (Å²) in [6.45, 7) is 1.28. The van der Waals surface area contributed by atoms with Gasteiger partial charge in [-0.25, -0.2) is 4.79 Å². The second kappa shape index (κ2) is 5.77. The van der Waals surface area contributed by atoms with Gasteiger partial charge in [0.05, 0.1) is 18.9 Å². The second-order valence-corrected chi connectivity index (χ2v) is 6.42. The highest BCUT2D eigenvalue weighted by molar-refractivity contribution is 9.10. The molecule has 0 saturated heterocycles. The number of carbonyl (C=O) groups is 1. The fourth-order valence-electron chi connectivity index (χ4n) is 2.96. The first-order chi connectivity index (χ1) is 11.2. The van der Waals surface area contributed by atoms with Crippen LogP contribution in [0.4, 0.5) is 16.2 Å². The zero-order valence-electron chi connectivity index (χ0n) is 12.3. The Balaban J connectivity index is 1.60. The molecule has 6 heteroatoms. The van der Waals surface area contributed by atoms with Crippen molar-refractivity contribution in [1.82, 2.24) is 0 Å². The lowest BCUT2D eigenvalue weighted by molar-refractivity contribution is 0.262. The first-order valence-electron chi connectivity index (χ1n) is 7.48. The standard InChI is InChI=1S/C17H15BrN2O3/c18-11-2-1-3-12(9-11)19-17(21)20-15-13-5-7-22-14(13)8-10-4-6-23-16(10)15/h1-3,8-9H,4-7H2,(H2,19,20,21). The summed E-state index contributed by atoms with van der Waals surface area (Å²) >= 11 is 3.39. The number of halogens is 1. The van der Waals surface area contributed by atoms with Crippen molar-refractivity contribution in [1.29, 1.82) is 0 Å². The van der Waals surface area contributed by atoms with Gasteiger partial charge in [-0.05, 0) is 24.3 Å². The van der Waals surface area contributed by atoms with Crippen molar-refractivity contribution in [3.63, 3.8) is 0 Å². The highest BCUT2D eigenvalue weighted by atomic mass is 79.9. The molecule has 0 fully saturated rings. The molecule has 5 nitrogen and oxygen atoms in total. The Hall–Kier alpha value is -2.21. The van der Waals surface area contributed by atoms with Crippen LogP contribution in [0.5, 0.6) is 11.5 Å². The van der Waals surface area contributed by atoms with Crippen LogP contribution in [-0.2, 0) is 12.8 Å². The third-order valence-electron chi connectivity index (χ3n) is 3.97. The molecule has 2 heterocycles. The molecule has 0 spiro atoms. The van der Waals surface area contributed by atoms with Crippen LogP contribution in [-0.4, -0.2) is 19.2 Å². The molecule has 0 bridgehead atoms. The monoisotopic (exact) mass is 374 g/mol. The van der Waals surface area contributed by atoms with Gasteiger partial charge in [0.15, 0.2) is 0 Å². The summed E-state index contributed by atoms with van der Waals surface area (Å²) in [5, 5.41) is 5.78. The molecular weight excluding hydrogens is 360 g/mol. The molecule has 2 aromatic rings. The molecule has 23 heavy (non-hydrogen) atoms. The quantitative estimate of drug-likeness (QED) is 0.835. The number of fused-ring (bicyclic) bond motifs is 2. The van der Waals surface area contributed by atoms with Gasteiger partial charge in [0, 0.05) is 34.1 Å². The highest BCUT2D eigenvalue weighted by Gasteiger charge is 2.27. The number of benzene rings is 2. The Kier molecular flexibility index (Phi) is 3.61. The minimum atomic E-state index is -0.291. The number of anilines is 2. The lowest BCUT2D eigenvalue weighted by Gasteiger charge is -2.14. The van der Waals surface area contributed by atoms with Crippen LogP contribution in [0.3, 0.4) is 0 Å². The smallest absolute Gasteiger partial charge is 0.323 e. The van der Waals surface area contributed by atoms with E-state index < -0.39 is 0 Å². The summed E-state index contributed by atoms with van der Waals surface area (Å²) in [7, 11) is 0. The maximum Gasteiger partial charge on any atom is 0.323 e. The Morgan fingerprint density at radius 3 is 2.83 bits per heavy atom. The van der Waals surface area contributed by atoms with Crippen molar-refractivity contribution in [2.45, 2.75) is 12.8 Å². The molecular formula is C17H15BrN2O3. The normalized spacial score (nSPS) is 14.5. The maximum atomic E-state index is 12.4. The average molecular weight is 375 g/mol. The van der Waals surface area contributed by atoms with Crippen molar-refractivity contribution >= 4 is 33.3 Å². The van der Waals surface area contributed by atoms with Crippen molar-refractivity contribution in [2.75, 3.05) is 23.8 Å². The van der Waals surface area contributed by atoms with E-state index in [2.05, 4.69) is 26.6 Å². The molecule has 0 radical (unpaired) electrons. The third-order valence-corrected chi connectivity index (χ3v) is 4.46. The van der Waals surface area contributed by atoms with Gasteiger partial charge in [-0.2, -0.15) is 0 Å². The van der Waals surface area contributed by atoms with E-state index in [1.54, 1.807) is 0 Å². The fraction of sp³-hybridized carbons (Fsp3) is 0.235. The fourth-order valence-corrected chi connectivity index (χ4v) is 3.36. The Bertz CT molecular complexity index is 759. The Morgan fingerprint density at radius 2 is 1.96 bits per heavy atom. The summed E-state index contributed by atoms with van der Waals surface area (Å²) in [6, 6.07) is 9.20. The van der Waals surface area contributed by atoms with Crippen LogP contribution >= 0.6 is 15.9 Å². The van der Waals surface area contributed by atoms with Gasteiger partial charge >= 0.3 is 6.03 Å². The summed E-state index contributed by atoms with van der Waals surface area (Å²) in [5.41, 5.74) is 3.55. The lowest BCUT2D eigenvalue weighted by atomic mass is 10.0. The number of nitrogens with one attached hydrogen (secondary N) is 2. The van der Waals surface area contributed by atoms with E-state index in [0.717, 1.165) is 51.3 Å². The molecule has 2 N–H and O–H groups in total. The molecule has 0 saturated carbocycles. The van der Waals surface area contributed by atoms with Gasteiger partial charge in [-0.15, -0.1) is 0 Å². The van der Waals surface area contributed by atoms with E-state index in [9.17, 15) is 4.79 Å². The van der Waals surface area contributed by atoms with Gasteiger partial charge in [-0.1, -0.05) is 22.0 Å². The maximum absolute atomic E-state index is 12.4. The largest absolute Gasteiger partial charge is 0.493 e. The summed E-state index contributed by atoms with van der Waals surface area (Å²) < 4.78 is 12.3. The minimum absolute atomic E-state index is 0.291. The van der Waals surface area contributed by atoms with Gasteiger partial charge in [0.25, 0.3) is 0 Å². The summed E-state index contributed by atoms with van der Waals surface area (Å²) in [5.74, 6) is 1.63. The average Bonchev–Trinajstić information content (AvgIpc) is 3.15. The van der Waals surface area contributed by atoms with Crippen LogP contribution in [0.1, 0.15) is 11.1 Å². The predicted molar refractivity (Wildman–Crippen MR) is 91.6 cm³/mol. The van der Waals surface area contributed by atoms with Crippen LogP contribution < -0.4 is 20.1 Å². The second-order valence-electron chi connectivity index (χ2n) is 5.50. The van der Waals surface area contributed by atoms with E-state index in [1.807, 2.05) is 30.3 Å². The molecule has 2 amide bonds. The van der Waals surface area contributed by atoms with Gasteiger partial charge in [-0.3, -0.25) is 0 Å². The van der Waals surface area contributed by atoms with Crippen LogP contribution in [0, 0.1) is 0 Å². The van der Waals surface area contributed by atoms with E-state index in [0.29, 0.717) is 13.2 Å². The van der Waals surface area contributed by atoms with E-state index in [-0.39, 0.29) is 6.03 Å². The van der Waals surface area contributed by atoms with Gasteiger partial charge in [0.2, 0.25) is 0 Å². The van der Waals surface area contributed by atoms with Crippen LogP contribution in [0.25, 0.3) is 0 Å². The Morgan fingerprint density at radius 1 is 1.09 bits per heavy atom. The van der Waals surface area contributed by atoms with Crippen molar-refractivity contribution in [3.05, 3.63) is 45.9 Å². The number of hydrogen-bond donors (Lipinski definition) is 2. The van der Waals surface area contributed by atoms with Crippen LogP contribution in [0.2, 0.25) is 0 Å². The van der Waals surface area contributed by atoms with Gasteiger partial charge in [0.1, 0.15) is 11.5 Å². The third kappa shape index (κ3) is 2.74. The molecule has 0 aromatic heterocycles. The van der Waals surface area contributed by atoms with Gasteiger partial charge < -0.3 is 20.1 Å². The lowest BCUT2D eigenvalue weighted by Crippen LogP contribution is -2.20. The molecule has 4 rings (SSSR count). The van der Waals surface area contributed by atoms with Crippen molar-refractivity contribution in [2.24, 2.45) is 0 Å². The number of ether oxygens (including phenoxy) is 2. The molecule has 2 aliphatic rings. The topological polar surface area (TPSA) is 59.6 Å². The van der Waals surface area contributed by atoms with Crippen molar-refractivity contribution in [3.8, 4) is 11.5 Å². The number of rotatable bonds is 2. The molecule has 0 unspecified atom stereocenters. The number of hydrogen-bond acceptors (Lipinski definition) is 3. The predicted octanol–water partition coefficient (Wildman–Crippen LogP) is 3.96.